The van der Waals surface area contributed by atoms with Gasteiger partial charge in [0.05, 0.1) is 11.6 Å². The lowest BCUT2D eigenvalue weighted by molar-refractivity contribution is -0.135. The van der Waals surface area contributed by atoms with Gasteiger partial charge in [0.15, 0.2) is 18.2 Å². The van der Waals surface area contributed by atoms with Crippen LogP contribution >= 0.6 is 0 Å². The molecular weight excluding hydrogens is 307 g/mol. The predicted molar refractivity (Wildman–Crippen MR) is 88.7 cm³/mol. The van der Waals surface area contributed by atoms with Crippen molar-refractivity contribution in [3.63, 3.8) is 0 Å². The molecule has 0 radical (unpaired) electrons. The molecule has 0 aliphatic heterocycles. The molecule has 0 bridgehead atoms. The van der Waals surface area contributed by atoms with E-state index in [2.05, 4.69) is 6.07 Å². The molecule has 2 rings (SSSR count). The average molecular weight is 326 g/mol. The van der Waals surface area contributed by atoms with Gasteiger partial charge in [0, 0.05) is 12.6 Å². The molecule has 1 amide bonds. The molecule has 0 N–H and O–H groups in total. The van der Waals surface area contributed by atoms with Crippen LogP contribution in [0.3, 0.4) is 0 Å². The highest BCUT2D eigenvalue weighted by Gasteiger charge is 2.18. The fourth-order valence-corrected chi connectivity index (χ4v) is 2.22. The van der Waals surface area contributed by atoms with Crippen molar-refractivity contribution >= 4 is 5.91 Å². The lowest BCUT2D eigenvalue weighted by Crippen LogP contribution is -2.39. The fourth-order valence-electron chi connectivity index (χ4n) is 2.22. The highest BCUT2D eigenvalue weighted by atomic mass is 19.1. The predicted octanol–water partition coefficient (Wildman–Crippen LogP) is 3.51. The van der Waals surface area contributed by atoms with Gasteiger partial charge >= 0.3 is 0 Å². The maximum absolute atomic E-state index is 13.5. The Kier molecular flexibility index (Phi) is 5.91. The van der Waals surface area contributed by atoms with E-state index in [-0.39, 0.29) is 24.3 Å². The summed E-state index contributed by atoms with van der Waals surface area (Å²) in [5.74, 6) is -0.654. The SMILES string of the molecule is CC(C)N(Cc1ccc(C#N)cc1)C(=O)COc1ccccc1F. The molecule has 0 saturated heterocycles. The Morgan fingerprint density at radius 1 is 1.21 bits per heavy atom. The van der Waals surface area contributed by atoms with Crippen molar-refractivity contribution in [2.24, 2.45) is 0 Å². The second-order valence-electron chi connectivity index (χ2n) is 5.64. The summed E-state index contributed by atoms with van der Waals surface area (Å²) in [5.41, 5.74) is 1.49. The fraction of sp³-hybridized carbons (Fsp3) is 0.263. The molecule has 0 atom stereocenters. The topological polar surface area (TPSA) is 53.3 Å². The number of para-hydroxylation sites is 1. The summed E-state index contributed by atoms with van der Waals surface area (Å²) in [6.45, 7) is 3.99. The Morgan fingerprint density at radius 2 is 1.88 bits per heavy atom. The van der Waals surface area contributed by atoms with Crippen LogP contribution in [0.4, 0.5) is 4.39 Å². The van der Waals surface area contributed by atoms with Crippen molar-refractivity contribution in [3.05, 3.63) is 65.5 Å². The van der Waals surface area contributed by atoms with Gasteiger partial charge in [-0.3, -0.25) is 4.79 Å². The number of carbonyl (C=O) groups excluding carboxylic acids is 1. The van der Waals surface area contributed by atoms with Crippen LogP contribution in [-0.2, 0) is 11.3 Å². The monoisotopic (exact) mass is 326 g/mol. The van der Waals surface area contributed by atoms with Crippen LogP contribution < -0.4 is 4.74 Å². The molecule has 0 unspecified atom stereocenters. The maximum atomic E-state index is 13.5. The Hall–Kier alpha value is -2.87. The van der Waals surface area contributed by atoms with Gasteiger partial charge in [-0.05, 0) is 43.7 Å². The van der Waals surface area contributed by atoms with E-state index in [9.17, 15) is 9.18 Å². The summed E-state index contributed by atoms with van der Waals surface area (Å²) in [6.07, 6.45) is 0. The summed E-state index contributed by atoms with van der Waals surface area (Å²) in [5, 5.41) is 8.83. The van der Waals surface area contributed by atoms with E-state index in [1.807, 2.05) is 26.0 Å². The van der Waals surface area contributed by atoms with Crippen LogP contribution in [0, 0.1) is 17.1 Å². The van der Waals surface area contributed by atoms with E-state index in [1.165, 1.54) is 12.1 Å². The summed E-state index contributed by atoms with van der Waals surface area (Å²) in [7, 11) is 0. The summed E-state index contributed by atoms with van der Waals surface area (Å²) < 4.78 is 18.8. The van der Waals surface area contributed by atoms with Gasteiger partial charge in [-0.1, -0.05) is 24.3 Å². The molecular formula is C19H19FN2O2. The van der Waals surface area contributed by atoms with E-state index < -0.39 is 5.82 Å². The zero-order chi connectivity index (χ0) is 17.5. The molecule has 0 aliphatic rings. The minimum absolute atomic E-state index is 0.0302. The molecule has 5 heteroatoms. The van der Waals surface area contributed by atoms with Gasteiger partial charge in [0.2, 0.25) is 0 Å². The van der Waals surface area contributed by atoms with Crippen LogP contribution in [-0.4, -0.2) is 23.5 Å². The van der Waals surface area contributed by atoms with Crippen LogP contribution in [0.15, 0.2) is 48.5 Å². The zero-order valence-electron chi connectivity index (χ0n) is 13.7. The van der Waals surface area contributed by atoms with E-state index in [0.717, 1.165) is 5.56 Å². The van der Waals surface area contributed by atoms with Crippen LogP contribution in [0.25, 0.3) is 0 Å². The van der Waals surface area contributed by atoms with E-state index >= 15 is 0 Å². The van der Waals surface area contributed by atoms with E-state index in [1.54, 1.807) is 29.2 Å². The molecule has 0 aromatic heterocycles. The van der Waals surface area contributed by atoms with Crippen molar-refractivity contribution in [3.8, 4) is 11.8 Å². The number of rotatable bonds is 6. The number of carbonyl (C=O) groups is 1. The quantitative estimate of drug-likeness (QED) is 0.816. The largest absolute Gasteiger partial charge is 0.481 e. The molecule has 0 spiro atoms. The lowest BCUT2D eigenvalue weighted by atomic mass is 10.1. The summed E-state index contributed by atoms with van der Waals surface area (Å²) in [6, 6.07) is 15.1. The first kappa shape index (κ1) is 17.5. The minimum atomic E-state index is -0.492. The maximum Gasteiger partial charge on any atom is 0.261 e. The number of hydrogen-bond donors (Lipinski definition) is 0. The number of nitriles is 1. The third kappa shape index (κ3) is 4.56. The van der Waals surface area contributed by atoms with Gasteiger partial charge in [-0.25, -0.2) is 4.39 Å². The first-order valence-corrected chi connectivity index (χ1v) is 7.67. The van der Waals surface area contributed by atoms with Crippen LogP contribution in [0.1, 0.15) is 25.0 Å². The van der Waals surface area contributed by atoms with Crippen molar-refractivity contribution in [2.45, 2.75) is 26.4 Å². The van der Waals surface area contributed by atoms with Crippen molar-refractivity contribution < 1.29 is 13.9 Å². The smallest absolute Gasteiger partial charge is 0.261 e. The van der Waals surface area contributed by atoms with Crippen molar-refractivity contribution in [2.75, 3.05) is 6.61 Å². The first-order chi connectivity index (χ1) is 11.5. The lowest BCUT2D eigenvalue weighted by Gasteiger charge is -2.27. The highest BCUT2D eigenvalue weighted by molar-refractivity contribution is 5.78. The second kappa shape index (κ2) is 8.11. The zero-order valence-corrected chi connectivity index (χ0v) is 13.7. The number of nitrogens with zero attached hydrogens (tertiary/aromatic N) is 2. The van der Waals surface area contributed by atoms with Crippen molar-refractivity contribution in [1.29, 1.82) is 5.26 Å². The molecule has 0 aliphatic carbocycles. The standard InChI is InChI=1S/C19H19FN2O2/c1-14(2)22(12-16-9-7-15(11-21)8-10-16)19(23)13-24-18-6-4-3-5-17(18)20/h3-10,14H,12-13H2,1-2H3. The molecule has 2 aromatic rings. The Morgan fingerprint density at radius 3 is 2.46 bits per heavy atom. The number of amides is 1. The molecule has 124 valence electrons. The molecule has 4 nitrogen and oxygen atoms in total. The van der Waals surface area contributed by atoms with Crippen LogP contribution in [0.5, 0.6) is 5.75 Å². The summed E-state index contributed by atoms with van der Waals surface area (Å²) in [4.78, 5) is 14.1. The molecule has 2 aromatic carbocycles. The number of benzene rings is 2. The number of halogens is 1. The van der Waals surface area contributed by atoms with Crippen LogP contribution in [0.2, 0.25) is 0 Å². The Balaban J connectivity index is 2.02. The van der Waals surface area contributed by atoms with Gasteiger partial charge in [0.1, 0.15) is 0 Å². The Labute approximate surface area is 141 Å². The molecule has 0 heterocycles. The highest BCUT2D eigenvalue weighted by Crippen LogP contribution is 2.16. The third-order valence-corrected chi connectivity index (χ3v) is 3.57. The summed E-state index contributed by atoms with van der Waals surface area (Å²) >= 11 is 0. The van der Waals surface area contributed by atoms with Gasteiger partial charge < -0.3 is 9.64 Å². The molecule has 0 fully saturated rings. The average Bonchev–Trinajstić information content (AvgIpc) is 2.59. The molecule has 0 saturated carbocycles. The van der Waals surface area contributed by atoms with Gasteiger partial charge in [0.25, 0.3) is 5.91 Å². The third-order valence-electron chi connectivity index (χ3n) is 3.57. The van der Waals surface area contributed by atoms with Crippen molar-refractivity contribution in [1.82, 2.24) is 4.90 Å². The minimum Gasteiger partial charge on any atom is -0.481 e. The first-order valence-electron chi connectivity index (χ1n) is 7.67. The number of ether oxygens (including phenoxy) is 1. The normalized spacial score (nSPS) is 10.3. The Bertz CT molecular complexity index is 736. The van der Waals surface area contributed by atoms with E-state index in [0.29, 0.717) is 12.1 Å². The van der Waals surface area contributed by atoms with E-state index in [4.69, 9.17) is 10.00 Å². The van der Waals surface area contributed by atoms with Gasteiger partial charge in [-0.15, -0.1) is 0 Å². The molecule has 24 heavy (non-hydrogen) atoms. The second-order valence-corrected chi connectivity index (χ2v) is 5.64. The number of hydrogen-bond acceptors (Lipinski definition) is 3. The van der Waals surface area contributed by atoms with Gasteiger partial charge in [-0.2, -0.15) is 5.26 Å².